The molecule has 1 aromatic carbocycles. The highest BCUT2D eigenvalue weighted by Crippen LogP contribution is 2.42. The monoisotopic (exact) mass is 533 g/mol. The van der Waals surface area contributed by atoms with E-state index in [1.807, 2.05) is 29.3 Å². The summed E-state index contributed by atoms with van der Waals surface area (Å²) in [7, 11) is -4.22. The number of benzene rings is 1. The normalized spacial score (nSPS) is 15.3. The number of rotatable bonds is 9. The highest BCUT2D eigenvalue weighted by Gasteiger charge is 2.30. The zero-order chi connectivity index (χ0) is 26.0. The number of ether oxygens (including phenoxy) is 1. The van der Waals surface area contributed by atoms with Gasteiger partial charge in [0, 0.05) is 34.8 Å². The maximum absolute atomic E-state index is 15.5. The Bertz CT molecular complexity index is 1360. The van der Waals surface area contributed by atoms with Crippen LogP contribution in [0.4, 0.5) is 9.18 Å². The Morgan fingerprint density at radius 3 is 2.83 bits per heavy atom. The summed E-state index contributed by atoms with van der Waals surface area (Å²) in [5.41, 5.74) is 2.21. The summed E-state index contributed by atoms with van der Waals surface area (Å²) in [5, 5.41) is 0. The molecule has 0 fully saturated rings. The molecule has 0 radical (unpaired) electrons. The van der Waals surface area contributed by atoms with Gasteiger partial charge in [0.15, 0.2) is 0 Å². The molecule has 0 saturated carbocycles. The minimum atomic E-state index is -4.22. The van der Waals surface area contributed by atoms with Crippen LogP contribution in [0.15, 0.2) is 34.8 Å². The average molecular weight is 534 g/mol. The summed E-state index contributed by atoms with van der Waals surface area (Å²) in [6, 6.07) is 4.75. The third kappa shape index (κ3) is 5.34. The lowest BCUT2D eigenvalue weighted by molar-refractivity contribution is 0.151. The molecule has 36 heavy (non-hydrogen) atoms. The van der Waals surface area contributed by atoms with Crippen molar-refractivity contribution in [3.05, 3.63) is 58.2 Å². The fourth-order valence-electron chi connectivity index (χ4n) is 4.60. The van der Waals surface area contributed by atoms with Crippen molar-refractivity contribution < 1.29 is 22.3 Å². The third-order valence-electron chi connectivity index (χ3n) is 6.37. The van der Waals surface area contributed by atoms with E-state index in [1.54, 1.807) is 18.3 Å². The van der Waals surface area contributed by atoms with Gasteiger partial charge in [0.1, 0.15) is 15.9 Å². The summed E-state index contributed by atoms with van der Waals surface area (Å²) in [6.45, 7) is 8.04. The smallest absolute Gasteiger partial charge is 0.421 e. The van der Waals surface area contributed by atoms with E-state index < -0.39 is 21.9 Å². The molecule has 10 heteroatoms. The van der Waals surface area contributed by atoms with Crippen molar-refractivity contribution in [3.63, 3.8) is 0 Å². The molecule has 1 aliphatic rings. The number of hydrogen-bond acceptors (Lipinski definition) is 6. The lowest BCUT2D eigenvalue weighted by Crippen LogP contribution is -2.31. The first-order chi connectivity index (χ1) is 17.1. The molecule has 4 rings (SSSR count). The van der Waals surface area contributed by atoms with Gasteiger partial charge in [-0.05, 0) is 49.3 Å². The molecule has 0 spiro atoms. The van der Waals surface area contributed by atoms with Crippen LogP contribution in [0.5, 0.6) is 0 Å². The van der Waals surface area contributed by atoms with E-state index in [0.29, 0.717) is 35.4 Å². The number of amides is 1. The van der Waals surface area contributed by atoms with Crippen LogP contribution in [0.2, 0.25) is 0 Å². The van der Waals surface area contributed by atoms with Crippen LogP contribution in [0.3, 0.4) is 0 Å². The zero-order valence-corrected chi connectivity index (χ0v) is 22.6. The molecular weight excluding hydrogens is 501 g/mol. The van der Waals surface area contributed by atoms with Crippen molar-refractivity contribution >= 4 is 27.5 Å². The lowest BCUT2D eigenvalue weighted by Gasteiger charge is -2.16. The van der Waals surface area contributed by atoms with Gasteiger partial charge < -0.3 is 9.30 Å². The number of aromatic nitrogens is 2. The lowest BCUT2D eigenvalue weighted by atomic mass is 9.97. The summed E-state index contributed by atoms with van der Waals surface area (Å²) in [6.07, 6.45) is 6.24. The number of unbranched alkanes of at least 4 members (excludes halogenated alkanes) is 1. The van der Waals surface area contributed by atoms with E-state index in [2.05, 4.69) is 18.8 Å². The van der Waals surface area contributed by atoms with Crippen LogP contribution >= 0.6 is 11.3 Å². The Morgan fingerprint density at radius 2 is 2.14 bits per heavy atom. The molecule has 0 saturated heterocycles. The van der Waals surface area contributed by atoms with Crippen molar-refractivity contribution in [2.45, 2.75) is 70.1 Å². The van der Waals surface area contributed by atoms with Crippen molar-refractivity contribution in [1.29, 1.82) is 0 Å². The number of halogens is 1. The minimum absolute atomic E-state index is 0.00648. The largest absolute Gasteiger partial charge is 0.449 e. The Balaban J connectivity index is 1.72. The van der Waals surface area contributed by atoms with Gasteiger partial charge in [0.05, 0.1) is 12.6 Å². The number of aryl methyl sites for hydroxylation is 1. The second kappa shape index (κ2) is 10.7. The number of sulfonamides is 1. The van der Waals surface area contributed by atoms with Crippen LogP contribution in [0, 0.1) is 18.7 Å². The van der Waals surface area contributed by atoms with Gasteiger partial charge in [-0.1, -0.05) is 39.3 Å². The third-order valence-corrected chi connectivity index (χ3v) is 9.52. The number of nitrogens with zero attached hydrogens (tertiary/aromatic N) is 2. The van der Waals surface area contributed by atoms with Crippen molar-refractivity contribution in [3.8, 4) is 11.1 Å². The van der Waals surface area contributed by atoms with Crippen molar-refractivity contribution in [1.82, 2.24) is 14.3 Å². The average Bonchev–Trinajstić information content (AvgIpc) is 3.49. The maximum atomic E-state index is 15.5. The molecule has 3 aromatic rings. The first-order valence-corrected chi connectivity index (χ1v) is 14.6. The summed E-state index contributed by atoms with van der Waals surface area (Å²) in [4.78, 5) is 17.4. The van der Waals surface area contributed by atoms with E-state index >= 15 is 4.39 Å². The number of fused-ring (bicyclic) bond motifs is 1. The summed E-state index contributed by atoms with van der Waals surface area (Å²) >= 11 is 1.12. The highest BCUT2D eigenvalue weighted by atomic mass is 32.2. The fourth-order valence-corrected chi connectivity index (χ4v) is 7.65. The summed E-state index contributed by atoms with van der Waals surface area (Å²) < 4.78 is 51.1. The molecule has 1 amide bonds. The Labute approximate surface area is 215 Å². The SMILES string of the molecule is CCCCOC(=O)NS(=O)(=O)c1sc(CC(C)C)c(C)c1-c1ccc([C@@H]2CCc3nccn32)c(F)c1. The highest BCUT2D eigenvalue weighted by molar-refractivity contribution is 7.92. The molecule has 3 heterocycles. The van der Waals surface area contributed by atoms with E-state index in [4.69, 9.17) is 4.74 Å². The second-order valence-corrected chi connectivity index (χ2v) is 12.5. The number of thiophene rings is 1. The molecular formula is C26H32FN3O4S2. The van der Waals surface area contributed by atoms with Gasteiger partial charge in [-0.25, -0.2) is 27.3 Å². The van der Waals surface area contributed by atoms with E-state index in [-0.39, 0.29) is 16.9 Å². The first-order valence-electron chi connectivity index (χ1n) is 12.3. The van der Waals surface area contributed by atoms with Crippen molar-refractivity contribution in [2.24, 2.45) is 5.92 Å². The van der Waals surface area contributed by atoms with E-state index in [0.717, 1.165) is 46.9 Å². The van der Waals surface area contributed by atoms with Crippen LogP contribution in [-0.4, -0.2) is 30.7 Å². The fraction of sp³-hybridized carbons (Fsp3) is 0.462. The molecule has 0 unspecified atom stereocenters. The second-order valence-electron chi connectivity index (χ2n) is 9.55. The maximum Gasteiger partial charge on any atom is 0.421 e. The topological polar surface area (TPSA) is 90.3 Å². The number of hydrogen-bond donors (Lipinski definition) is 1. The Kier molecular flexibility index (Phi) is 7.85. The molecule has 194 valence electrons. The van der Waals surface area contributed by atoms with Gasteiger partial charge in [-0.15, -0.1) is 11.3 Å². The van der Waals surface area contributed by atoms with Gasteiger partial charge in [0.2, 0.25) is 0 Å². The van der Waals surface area contributed by atoms with Crippen LogP contribution in [0.25, 0.3) is 11.1 Å². The number of imidazole rings is 1. The Morgan fingerprint density at radius 1 is 1.36 bits per heavy atom. The molecule has 0 bridgehead atoms. The quantitative estimate of drug-likeness (QED) is 0.340. The van der Waals surface area contributed by atoms with Crippen molar-refractivity contribution in [2.75, 3.05) is 6.61 Å². The van der Waals surface area contributed by atoms with E-state index in [1.165, 1.54) is 6.07 Å². The molecule has 1 aliphatic heterocycles. The minimum Gasteiger partial charge on any atom is -0.449 e. The summed E-state index contributed by atoms with van der Waals surface area (Å²) in [5.74, 6) is 0.828. The zero-order valence-electron chi connectivity index (χ0n) is 21.0. The molecule has 7 nitrogen and oxygen atoms in total. The predicted molar refractivity (Wildman–Crippen MR) is 138 cm³/mol. The predicted octanol–water partition coefficient (Wildman–Crippen LogP) is 6.01. The number of carbonyl (C=O) groups excluding carboxylic acids is 1. The molecule has 1 atom stereocenters. The molecule has 2 aromatic heterocycles. The van der Waals surface area contributed by atoms with Gasteiger partial charge in [0.25, 0.3) is 10.0 Å². The van der Waals surface area contributed by atoms with Gasteiger partial charge >= 0.3 is 6.09 Å². The first kappa shape index (κ1) is 26.3. The molecule has 0 aliphatic carbocycles. The number of nitrogens with one attached hydrogen (secondary N) is 1. The number of carbonyl (C=O) groups is 1. The van der Waals surface area contributed by atoms with Gasteiger partial charge in [-0.3, -0.25) is 0 Å². The Hall–Kier alpha value is -2.72. The van der Waals surface area contributed by atoms with Crippen LogP contribution in [0.1, 0.15) is 67.9 Å². The van der Waals surface area contributed by atoms with Crippen LogP contribution in [-0.2, 0) is 27.6 Å². The van der Waals surface area contributed by atoms with E-state index in [9.17, 15) is 13.2 Å². The molecule has 1 N–H and O–H groups in total. The standard InChI is InChI=1S/C26H32FN3O4S2/c1-5-6-13-34-26(31)29-36(32,33)25-24(17(4)22(35-25)14-16(2)3)18-7-8-19(20(27)15-18)21-9-10-23-28-11-12-30(21)23/h7-8,11-12,15-16,21H,5-6,9-10,13-14H2,1-4H3,(H,29,31)/t21-/m0/s1. The van der Waals surface area contributed by atoms with Crippen LogP contribution < -0.4 is 4.72 Å². The van der Waals surface area contributed by atoms with Gasteiger partial charge in [-0.2, -0.15) is 0 Å².